The molecule has 0 aliphatic heterocycles. The van der Waals surface area contributed by atoms with Gasteiger partial charge in [-0.05, 0) is 40.2 Å². The van der Waals surface area contributed by atoms with Gasteiger partial charge in [-0.3, -0.25) is 4.68 Å². The lowest BCUT2D eigenvalue weighted by molar-refractivity contribution is -0.137. The van der Waals surface area contributed by atoms with Crippen LogP contribution in [0.25, 0.3) is 0 Å². The summed E-state index contributed by atoms with van der Waals surface area (Å²) >= 11 is 3.18. The molecule has 1 aromatic heterocycles. The second-order valence-corrected chi connectivity index (χ2v) is 5.31. The molecule has 0 aliphatic rings. The minimum absolute atomic E-state index is 0.111. The van der Waals surface area contributed by atoms with Gasteiger partial charge in [-0.2, -0.15) is 18.3 Å². The Labute approximate surface area is 127 Å². The van der Waals surface area contributed by atoms with Gasteiger partial charge in [0.15, 0.2) is 0 Å². The summed E-state index contributed by atoms with van der Waals surface area (Å²) in [6, 6.07) is 5.05. The number of aliphatic hydroxyl groups excluding tert-OH is 1. The van der Waals surface area contributed by atoms with Crippen LogP contribution in [0, 0.1) is 0 Å². The van der Waals surface area contributed by atoms with Crippen LogP contribution in [0.1, 0.15) is 5.56 Å². The van der Waals surface area contributed by atoms with Crippen LogP contribution in [0.15, 0.2) is 41.1 Å². The average Bonchev–Trinajstić information content (AvgIpc) is 2.89. The Morgan fingerprint density at radius 2 is 2.14 bits per heavy atom. The Morgan fingerprint density at radius 1 is 1.38 bits per heavy atom. The first-order chi connectivity index (χ1) is 9.86. The molecule has 0 bridgehead atoms. The number of benzene rings is 1. The molecule has 8 heteroatoms. The summed E-state index contributed by atoms with van der Waals surface area (Å²) < 4.78 is 40.0. The Hall–Kier alpha value is -1.54. The molecular formula is C13H13BrF3N3O. The van der Waals surface area contributed by atoms with Gasteiger partial charge >= 0.3 is 6.18 Å². The maximum atomic E-state index is 12.6. The zero-order valence-electron chi connectivity index (χ0n) is 10.8. The topological polar surface area (TPSA) is 50.1 Å². The Morgan fingerprint density at radius 3 is 2.76 bits per heavy atom. The molecule has 4 nitrogen and oxygen atoms in total. The maximum Gasteiger partial charge on any atom is 0.416 e. The first-order valence-electron chi connectivity index (χ1n) is 6.12. The number of hydrogen-bond acceptors (Lipinski definition) is 3. The van der Waals surface area contributed by atoms with Crippen LogP contribution in [-0.2, 0) is 12.7 Å². The highest BCUT2D eigenvalue weighted by Gasteiger charge is 2.30. The number of rotatable bonds is 5. The van der Waals surface area contributed by atoms with Crippen LogP contribution < -0.4 is 5.32 Å². The van der Waals surface area contributed by atoms with Crippen molar-refractivity contribution in [1.29, 1.82) is 0 Å². The highest BCUT2D eigenvalue weighted by Crippen LogP contribution is 2.33. The van der Waals surface area contributed by atoms with Crippen molar-refractivity contribution in [1.82, 2.24) is 9.78 Å². The van der Waals surface area contributed by atoms with Gasteiger partial charge in [0.2, 0.25) is 0 Å². The number of halogens is 4. The molecule has 2 N–H and O–H groups in total. The third-order valence-electron chi connectivity index (χ3n) is 2.78. The molecule has 0 saturated heterocycles. The van der Waals surface area contributed by atoms with Crippen molar-refractivity contribution in [3.05, 3.63) is 46.7 Å². The summed E-state index contributed by atoms with van der Waals surface area (Å²) in [4.78, 5) is 0. The van der Waals surface area contributed by atoms with Crippen LogP contribution >= 0.6 is 15.9 Å². The van der Waals surface area contributed by atoms with Gasteiger partial charge in [0.05, 0.1) is 18.2 Å². The SMILES string of the molecule is OC(CNc1cc(C(F)(F)F)ccc1Br)Cn1cccn1. The van der Waals surface area contributed by atoms with Crippen molar-refractivity contribution >= 4 is 21.6 Å². The van der Waals surface area contributed by atoms with Gasteiger partial charge in [0, 0.05) is 29.1 Å². The molecule has 1 unspecified atom stereocenters. The third-order valence-corrected chi connectivity index (χ3v) is 3.47. The fraction of sp³-hybridized carbons (Fsp3) is 0.308. The van der Waals surface area contributed by atoms with E-state index in [2.05, 4.69) is 26.3 Å². The van der Waals surface area contributed by atoms with Crippen molar-refractivity contribution in [2.24, 2.45) is 0 Å². The number of alkyl halides is 3. The summed E-state index contributed by atoms with van der Waals surface area (Å²) in [5.41, 5.74) is -0.459. The standard InChI is InChI=1S/C13H13BrF3N3O/c14-11-3-2-9(13(15,16)17)6-12(11)18-7-10(21)8-20-5-1-4-19-20/h1-6,10,18,21H,7-8H2. The van der Waals surface area contributed by atoms with E-state index in [1.807, 2.05) is 0 Å². The highest BCUT2D eigenvalue weighted by molar-refractivity contribution is 9.10. The molecule has 114 valence electrons. The van der Waals surface area contributed by atoms with Crippen LogP contribution in [0.4, 0.5) is 18.9 Å². The number of nitrogens with zero attached hydrogens (tertiary/aromatic N) is 2. The van der Waals surface area contributed by atoms with Gasteiger partial charge < -0.3 is 10.4 Å². The van der Waals surface area contributed by atoms with Crippen molar-refractivity contribution in [3.63, 3.8) is 0 Å². The van der Waals surface area contributed by atoms with E-state index in [0.29, 0.717) is 4.47 Å². The molecule has 0 fully saturated rings. The fourth-order valence-electron chi connectivity index (χ4n) is 1.75. The lowest BCUT2D eigenvalue weighted by Gasteiger charge is -2.15. The molecule has 0 amide bonds. The normalized spacial score (nSPS) is 13.2. The molecular weight excluding hydrogens is 351 g/mol. The van der Waals surface area contributed by atoms with E-state index < -0.39 is 17.8 Å². The second kappa shape index (κ2) is 6.48. The number of aliphatic hydroxyl groups is 1. The van der Waals surface area contributed by atoms with E-state index in [0.717, 1.165) is 12.1 Å². The summed E-state index contributed by atoms with van der Waals surface area (Å²) in [5, 5.41) is 16.6. The van der Waals surface area contributed by atoms with Gasteiger partial charge in [0.25, 0.3) is 0 Å². The molecule has 2 rings (SSSR count). The molecule has 0 radical (unpaired) electrons. The smallest absolute Gasteiger partial charge is 0.389 e. The van der Waals surface area contributed by atoms with Gasteiger partial charge in [-0.1, -0.05) is 0 Å². The average molecular weight is 364 g/mol. The Bertz CT molecular complexity index is 587. The quantitative estimate of drug-likeness (QED) is 0.857. The second-order valence-electron chi connectivity index (χ2n) is 4.46. The van der Waals surface area contributed by atoms with Gasteiger partial charge in [-0.25, -0.2) is 0 Å². The van der Waals surface area contributed by atoms with E-state index in [-0.39, 0.29) is 18.8 Å². The molecule has 0 aliphatic carbocycles. The molecule has 21 heavy (non-hydrogen) atoms. The number of hydrogen-bond donors (Lipinski definition) is 2. The van der Waals surface area contributed by atoms with Gasteiger partial charge in [-0.15, -0.1) is 0 Å². The highest BCUT2D eigenvalue weighted by atomic mass is 79.9. The first-order valence-corrected chi connectivity index (χ1v) is 6.91. The molecule has 0 saturated carbocycles. The summed E-state index contributed by atoms with van der Waals surface area (Å²) in [6.45, 7) is 0.371. The zero-order chi connectivity index (χ0) is 15.5. The monoisotopic (exact) mass is 363 g/mol. The van der Waals surface area contributed by atoms with E-state index >= 15 is 0 Å². The Kier molecular flexibility index (Phi) is 4.89. The predicted octanol–water partition coefficient (Wildman–Crippen LogP) is 3.14. The van der Waals surface area contributed by atoms with Crippen molar-refractivity contribution in [2.75, 3.05) is 11.9 Å². The van der Waals surface area contributed by atoms with Gasteiger partial charge in [0.1, 0.15) is 0 Å². The van der Waals surface area contributed by atoms with Crippen molar-refractivity contribution in [3.8, 4) is 0 Å². The zero-order valence-corrected chi connectivity index (χ0v) is 12.4. The predicted molar refractivity (Wildman–Crippen MR) is 75.9 cm³/mol. The van der Waals surface area contributed by atoms with Crippen LogP contribution in [0.2, 0.25) is 0 Å². The number of anilines is 1. The number of nitrogens with one attached hydrogen (secondary N) is 1. The maximum absolute atomic E-state index is 12.6. The third kappa shape index (κ3) is 4.47. The van der Waals surface area contributed by atoms with E-state index in [1.54, 1.807) is 23.1 Å². The van der Waals surface area contributed by atoms with E-state index in [1.165, 1.54) is 6.07 Å². The fourth-order valence-corrected chi connectivity index (χ4v) is 2.14. The Balaban J connectivity index is 1.99. The van der Waals surface area contributed by atoms with Crippen LogP contribution in [0.3, 0.4) is 0 Å². The van der Waals surface area contributed by atoms with Crippen LogP contribution in [-0.4, -0.2) is 27.5 Å². The first kappa shape index (κ1) is 15.8. The van der Waals surface area contributed by atoms with E-state index in [9.17, 15) is 18.3 Å². The summed E-state index contributed by atoms with van der Waals surface area (Å²) in [5.74, 6) is 0. The largest absolute Gasteiger partial charge is 0.416 e. The number of aromatic nitrogens is 2. The lowest BCUT2D eigenvalue weighted by atomic mass is 10.2. The minimum atomic E-state index is -4.40. The lowest BCUT2D eigenvalue weighted by Crippen LogP contribution is -2.25. The summed E-state index contributed by atoms with van der Waals surface area (Å²) in [6.07, 6.45) is -1.89. The molecule has 1 atom stereocenters. The van der Waals surface area contributed by atoms with Crippen molar-refractivity contribution in [2.45, 2.75) is 18.8 Å². The summed E-state index contributed by atoms with van der Waals surface area (Å²) in [7, 11) is 0. The van der Waals surface area contributed by atoms with Crippen molar-refractivity contribution < 1.29 is 18.3 Å². The minimum Gasteiger partial charge on any atom is -0.389 e. The van der Waals surface area contributed by atoms with Crippen LogP contribution in [0.5, 0.6) is 0 Å². The molecule has 1 heterocycles. The molecule has 0 spiro atoms. The molecule has 2 aromatic rings. The van der Waals surface area contributed by atoms with E-state index in [4.69, 9.17) is 0 Å². The molecule has 1 aromatic carbocycles.